The summed E-state index contributed by atoms with van der Waals surface area (Å²) in [6, 6.07) is -0.968. The molecule has 4 rings (SSSR count). The zero-order chi connectivity index (χ0) is 45.8. The molecule has 348 valence electrons. The van der Waals surface area contributed by atoms with E-state index in [0.717, 1.165) is 0 Å². The molecule has 7 N–H and O–H groups in total. The average molecular weight is 863 g/mol. The molecule has 4 heterocycles. The summed E-state index contributed by atoms with van der Waals surface area (Å²) >= 11 is 0. The first kappa shape index (κ1) is 52.0. The van der Waals surface area contributed by atoms with E-state index in [2.05, 4.69) is 5.32 Å². The van der Waals surface area contributed by atoms with Crippen molar-refractivity contribution in [1.29, 1.82) is 0 Å². The number of amides is 1. The van der Waals surface area contributed by atoms with Crippen LogP contribution in [0.15, 0.2) is 0 Å². The lowest BCUT2D eigenvalue weighted by Gasteiger charge is -2.49. The lowest BCUT2D eigenvalue weighted by atomic mass is 9.74. The van der Waals surface area contributed by atoms with Crippen LogP contribution in [0.4, 0.5) is 0 Å². The highest BCUT2D eigenvalue weighted by atomic mass is 16.7. The lowest BCUT2D eigenvalue weighted by Crippen LogP contribution is -2.61. The summed E-state index contributed by atoms with van der Waals surface area (Å²) in [6.45, 7) is 16.4. The van der Waals surface area contributed by atoms with E-state index in [1.165, 1.54) is 27.9 Å². The van der Waals surface area contributed by atoms with E-state index in [1.807, 2.05) is 32.8 Å². The first-order valence-electron chi connectivity index (χ1n) is 21.3. The van der Waals surface area contributed by atoms with E-state index < -0.39 is 126 Å². The van der Waals surface area contributed by atoms with Gasteiger partial charge in [-0.1, -0.05) is 34.6 Å². The molecule has 20 atom stereocenters. The number of cyclic esters (lactones) is 1. The minimum absolute atomic E-state index is 0.132. The predicted molar refractivity (Wildman–Crippen MR) is 215 cm³/mol. The van der Waals surface area contributed by atoms with Gasteiger partial charge < -0.3 is 69.3 Å². The van der Waals surface area contributed by atoms with Crippen LogP contribution >= 0.6 is 0 Å². The van der Waals surface area contributed by atoms with Crippen LogP contribution in [-0.2, 0) is 47.6 Å². The standard InChI is InChI=1S/C37H67NO13.C5H7NO3/c1-14-25-37(10,45)31(42)20(5)26(39)17(2)16-36(9,44)32(51-34-28(41)24(38(11)12)15-18(3)47-34)21(6)29(22(7)33(43)49-25)50-35-30(46-13)19(4)27(40)23(8)48-35;7-4-2-1-3(6-4)5(8)9/h17-25,27-32,34-35,40-42,44-45H,14-16H2,1-13H3;3H,1-2H2,(H,6,7)(H,8,9)/t17-,18-,19-,20+,21+,22-,23+,24+,25-,27-,28-,29+,30+,31-,32-,34+,35-,36-,37-;3-/m10/s1. The molecule has 0 aromatic carbocycles. The molecule has 0 bridgehead atoms. The quantitative estimate of drug-likeness (QED) is 0.168. The molecule has 4 fully saturated rings. The van der Waals surface area contributed by atoms with Crippen LogP contribution in [0.25, 0.3) is 0 Å². The van der Waals surface area contributed by atoms with E-state index in [0.29, 0.717) is 19.3 Å². The molecule has 0 spiro atoms. The fraction of sp³-hybridized carbons (Fsp3) is 0.905. The van der Waals surface area contributed by atoms with Crippen LogP contribution in [0.3, 0.4) is 0 Å². The van der Waals surface area contributed by atoms with Crippen LogP contribution in [-0.4, -0.2) is 171 Å². The Morgan fingerprint density at radius 1 is 0.883 bits per heavy atom. The van der Waals surface area contributed by atoms with Gasteiger partial charge in [-0.2, -0.15) is 0 Å². The second-order valence-corrected chi connectivity index (χ2v) is 18.3. The van der Waals surface area contributed by atoms with Crippen LogP contribution in [0, 0.1) is 29.6 Å². The Morgan fingerprint density at radius 3 is 2.00 bits per heavy atom. The number of carbonyl (C=O) groups is 4. The monoisotopic (exact) mass is 863 g/mol. The average Bonchev–Trinajstić information content (AvgIpc) is 3.62. The highest BCUT2D eigenvalue weighted by Gasteiger charge is 2.53. The summed E-state index contributed by atoms with van der Waals surface area (Å²) in [5.74, 6) is -6.55. The highest BCUT2D eigenvalue weighted by Crippen LogP contribution is 2.40. The van der Waals surface area contributed by atoms with E-state index >= 15 is 0 Å². The first-order valence-corrected chi connectivity index (χ1v) is 21.3. The fourth-order valence-corrected chi connectivity index (χ4v) is 9.27. The number of carboxylic acid groups (broad SMARTS) is 1. The first-order chi connectivity index (χ1) is 27.7. The van der Waals surface area contributed by atoms with Gasteiger partial charge in [0.15, 0.2) is 12.6 Å². The number of methoxy groups -OCH3 is 1. The molecule has 0 unspecified atom stereocenters. The van der Waals surface area contributed by atoms with Gasteiger partial charge in [0.05, 0.1) is 48.1 Å². The molecular weight excluding hydrogens is 788 g/mol. The van der Waals surface area contributed by atoms with Crippen LogP contribution in [0.1, 0.15) is 101 Å². The Labute approximate surface area is 354 Å². The summed E-state index contributed by atoms with van der Waals surface area (Å²) in [5.41, 5.74) is -3.80. The molecule has 0 aromatic heterocycles. The molecule has 4 saturated heterocycles. The van der Waals surface area contributed by atoms with Crippen LogP contribution < -0.4 is 5.32 Å². The molecule has 4 aliphatic rings. The Morgan fingerprint density at radius 2 is 1.50 bits per heavy atom. The zero-order valence-corrected chi connectivity index (χ0v) is 37.6. The Bertz CT molecular complexity index is 1450. The number of aliphatic hydroxyl groups is 5. The van der Waals surface area contributed by atoms with Crippen molar-refractivity contribution < 1.29 is 78.2 Å². The van der Waals surface area contributed by atoms with Crippen LogP contribution in [0.5, 0.6) is 0 Å². The van der Waals surface area contributed by atoms with Crippen molar-refractivity contribution in [1.82, 2.24) is 10.2 Å². The molecule has 4 aliphatic heterocycles. The number of esters is 1. The molecular formula is C42H74N2O16. The van der Waals surface area contributed by atoms with Crippen molar-refractivity contribution in [2.45, 2.75) is 192 Å². The van der Waals surface area contributed by atoms with Gasteiger partial charge in [-0.3, -0.25) is 14.4 Å². The topological polar surface area (TPSA) is 260 Å². The number of ketones is 1. The Hall–Kier alpha value is -2.36. The number of nitrogens with one attached hydrogen (secondary N) is 1. The van der Waals surface area contributed by atoms with Gasteiger partial charge in [-0.05, 0) is 74.4 Å². The third-order valence-corrected chi connectivity index (χ3v) is 13.0. The number of carbonyl (C=O) groups excluding carboxylic acids is 3. The van der Waals surface area contributed by atoms with E-state index in [4.69, 9.17) is 33.5 Å². The van der Waals surface area contributed by atoms with Gasteiger partial charge in [-0.25, -0.2) is 4.79 Å². The SMILES string of the molecule is CC[C@H]1OC(=O)[C@H](C)[C@@H](O[C@H]2O[C@@H](C)[C@H](O)[C@@H](C)[C@@H]2OC)[C@H](C)[C@@H](O[C@@H]2O[C@H](C)C[C@H](N(C)C)[C@H]2O)[C@](C)(O)C[C@@H](C)C(=O)[C@H](C)[C@@H](O)[C@]1(C)O.O=C1CC[C@@H](C(=O)O)N1. The van der Waals surface area contributed by atoms with E-state index in [-0.39, 0.29) is 30.9 Å². The van der Waals surface area contributed by atoms with Gasteiger partial charge in [-0.15, -0.1) is 0 Å². The number of carboxylic acids is 1. The van der Waals surface area contributed by atoms with Crippen molar-refractivity contribution in [3.05, 3.63) is 0 Å². The highest BCUT2D eigenvalue weighted by molar-refractivity contribution is 5.87. The van der Waals surface area contributed by atoms with Crippen LogP contribution in [0.2, 0.25) is 0 Å². The number of nitrogens with zero attached hydrogens (tertiary/aromatic N) is 1. The molecule has 18 nitrogen and oxygen atoms in total. The molecule has 0 aliphatic carbocycles. The third-order valence-electron chi connectivity index (χ3n) is 13.0. The number of aliphatic carboxylic acids is 1. The zero-order valence-electron chi connectivity index (χ0n) is 37.6. The second-order valence-electron chi connectivity index (χ2n) is 18.3. The Balaban J connectivity index is 0.000000940. The Kier molecular flexibility index (Phi) is 18.5. The summed E-state index contributed by atoms with van der Waals surface area (Å²) in [7, 11) is 5.16. The largest absolute Gasteiger partial charge is 0.480 e. The van der Waals surface area contributed by atoms with Gasteiger partial charge in [0, 0.05) is 43.2 Å². The second kappa shape index (κ2) is 21.3. The lowest BCUT2D eigenvalue weighted by molar-refractivity contribution is -0.323. The maximum absolute atomic E-state index is 14.1. The van der Waals surface area contributed by atoms with E-state index in [9.17, 15) is 44.7 Å². The number of likely N-dealkylation sites (N-methyl/N-ethyl adjacent to an activating group) is 1. The van der Waals surface area contributed by atoms with Crippen molar-refractivity contribution in [2.24, 2.45) is 29.6 Å². The van der Waals surface area contributed by atoms with Gasteiger partial charge >= 0.3 is 11.9 Å². The number of hydrogen-bond donors (Lipinski definition) is 7. The van der Waals surface area contributed by atoms with Crippen molar-refractivity contribution in [3.8, 4) is 0 Å². The van der Waals surface area contributed by atoms with Crippen molar-refractivity contribution in [2.75, 3.05) is 21.2 Å². The number of Topliss-reactive ketones (excluding diaryl/α,β-unsaturated/α-hetero) is 1. The number of aliphatic hydroxyl groups excluding tert-OH is 3. The number of ether oxygens (including phenoxy) is 6. The summed E-state index contributed by atoms with van der Waals surface area (Å²) in [5, 5.41) is 68.2. The normalized spacial score (nSPS) is 46.1. The molecule has 18 heteroatoms. The maximum atomic E-state index is 14.1. The minimum Gasteiger partial charge on any atom is -0.480 e. The van der Waals surface area contributed by atoms with Gasteiger partial charge in [0.2, 0.25) is 5.91 Å². The summed E-state index contributed by atoms with van der Waals surface area (Å²) in [4.78, 5) is 50.3. The molecule has 0 radical (unpaired) electrons. The maximum Gasteiger partial charge on any atom is 0.326 e. The van der Waals surface area contributed by atoms with Gasteiger partial charge in [0.1, 0.15) is 35.7 Å². The number of hydrogen-bond acceptors (Lipinski definition) is 16. The molecule has 0 aromatic rings. The van der Waals surface area contributed by atoms with E-state index in [1.54, 1.807) is 34.6 Å². The van der Waals surface area contributed by atoms with Crippen molar-refractivity contribution in [3.63, 3.8) is 0 Å². The predicted octanol–water partition coefficient (Wildman–Crippen LogP) is 0.991. The fourth-order valence-electron chi connectivity index (χ4n) is 9.27. The summed E-state index contributed by atoms with van der Waals surface area (Å²) < 4.78 is 37.2. The number of rotatable bonds is 8. The smallest absolute Gasteiger partial charge is 0.326 e. The van der Waals surface area contributed by atoms with Crippen molar-refractivity contribution >= 4 is 23.6 Å². The molecule has 0 saturated carbocycles. The molecule has 60 heavy (non-hydrogen) atoms. The molecule has 1 amide bonds. The van der Waals surface area contributed by atoms with Gasteiger partial charge in [0.25, 0.3) is 0 Å². The summed E-state index contributed by atoms with van der Waals surface area (Å²) in [6.07, 6.45) is -9.75. The third kappa shape index (κ3) is 12.0. The minimum atomic E-state index is -2.00.